The first-order chi connectivity index (χ1) is 15.0. The number of hydrogen-bond acceptors (Lipinski definition) is 6. The number of ether oxygens (including phenoxy) is 1. The molecule has 31 heavy (non-hydrogen) atoms. The van der Waals surface area contributed by atoms with E-state index in [2.05, 4.69) is 6.92 Å². The Bertz CT molecular complexity index is 616. The second kappa shape index (κ2) is 21.0. The zero-order valence-electron chi connectivity index (χ0n) is 18.4. The van der Waals surface area contributed by atoms with E-state index < -0.39 is 30.9 Å². The third-order valence-electron chi connectivity index (χ3n) is 3.92. The van der Waals surface area contributed by atoms with Crippen LogP contribution < -0.4 is 0 Å². The van der Waals surface area contributed by atoms with Gasteiger partial charge < -0.3 is 25.2 Å². The lowest BCUT2D eigenvalue weighted by molar-refractivity contribution is -0.147. The van der Waals surface area contributed by atoms with Crippen molar-refractivity contribution in [2.24, 2.45) is 0 Å². The standard InChI is InChI=1S/C25H38O6/c1-2-3-10-15-22(27)16-11-7-5-4-6-8-12-17-23(28)18-13-9-14-19-25(30)31-21-24(29)20-26/h3,5-8,10-13,16-18,22-24,26-29H,2,4,9,14-15,19-21H2,1H3/b7-5-,8-6-,10-3-,16-11+,17-12+,18-13-/t22-,23-,24+/m1/s1. The highest BCUT2D eigenvalue weighted by molar-refractivity contribution is 5.69. The summed E-state index contributed by atoms with van der Waals surface area (Å²) in [6, 6.07) is 0. The number of aliphatic hydroxyl groups is 4. The molecule has 0 rings (SSSR count). The van der Waals surface area contributed by atoms with Crippen molar-refractivity contribution in [1.29, 1.82) is 0 Å². The maximum Gasteiger partial charge on any atom is 0.305 e. The average molecular weight is 435 g/mol. The highest BCUT2D eigenvalue weighted by atomic mass is 16.5. The SMILES string of the molecule is CC/C=C\C[C@@H](O)/C=C/C=C\C/C=C\C=C\[C@@H](O)/C=C\CCCC(=O)OC[C@@H](O)CO. The van der Waals surface area contributed by atoms with Gasteiger partial charge >= 0.3 is 5.97 Å². The number of carbonyl (C=O) groups excluding carboxylic acids is 1. The molecule has 0 saturated heterocycles. The van der Waals surface area contributed by atoms with Crippen molar-refractivity contribution in [3.05, 3.63) is 72.9 Å². The monoisotopic (exact) mass is 434 g/mol. The fourth-order valence-corrected chi connectivity index (χ4v) is 2.22. The zero-order valence-corrected chi connectivity index (χ0v) is 18.4. The van der Waals surface area contributed by atoms with Crippen molar-refractivity contribution in [3.63, 3.8) is 0 Å². The second-order valence-electron chi connectivity index (χ2n) is 6.87. The van der Waals surface area contributed by atoms with Crippen molar-refractivity contribution in [3.8, 4) is 0 Å². The van der Waals surface area contributed by atoms with Crippen LogP contribution in [0.4, 0.5) is 0 Å². The van der Waals surface area contributed by atoms with Gasteiger partial charge in [-0.15, -0.1) is 0 Å². The number of rotatable bonds is 17. The van der Waals surface area contributed by atoms with E-state index in [1.165, 1.54) is 0 Å². The molecular weight excluding hydrogens is 396 g/mol. The maximum absolute atomic E-state index is 11.4. The molecule has 6 heteroatoms. The Morgan fingerprint density at radius 3 is 2.29 bits per heavy atom. The zero-order chi connectivity index (χ0) is 23.2. The molecule has 0 unspecified atom stereocenters. The van der Waals surface area contributed by atoms with Gasteiger partial charge in [-0.25, -0.2) is 0 Å². The molecule has 0 bridgehead atoms. The number of esters is 1. The van der Waals surface area contributed by atoms with Crippen LogP contribution in [0, 0.1) is 0 Å². The van der Waals surface area contributed by atoms with Gasteiger partial charge in [0.05, 0.1) is 18.8 Å². The molecule has 0 heterocycles. The summed E-state index contributed by atoms with van der Waals surface area (Å²) in [5.74, 6) is -0.420. The first-order valence-electron chi connectivity index (χ1n) is 10.8. The first-order valence-corrected chi connectivity index (χ1v) is 10.8. The molecule has 0 aromatic carbocycles. The Morgan fingerprint density at radius 2 is 1.61 bits per heavy atom. The number of hydrogen-bond donors (Lipinski definition) is 4. The van der Waals surface area contributed by atoms with E-state index >= 15 is 0 Å². The van der Waals surface area contributed by atoms with Crippen molar-refractivity contribution in [2.45, 2.75) is 63.8 Å². The van der Waals surface area contributed by atoms with Gasteiger partial charge in [0.2, 0.25) is 0 Å². The highest BCUT2D eigenvalue weighted by Crippen LogP contribution is 2.02. The van der Waals surface area contributed by atoms with E-state index in [1.807, 2.05) is 42.5 Å². The number of aliphatic hydroxyl groups excluding tert-OH is 4. The van der Waals surface area contributed by atoms with E-state index in [0.717, 1.165) is 12.8 Å². The third-order valence-corrected chi connectivity index (χ3v) is 3.92. The lowest BCUT2D eigenvalue weighted by Crippen LogP contribution is -2.21. The van der Waals surface area contributed by atoms with Crippen LogP contribution in [0.15, 0.2) is 72.9 Å². The summed E-state index contributed by atoms with van der Waals surface area (Å²) in [6.07, 6.45) is 23.7. The summed E-state index contributed by atoms with van der Waals surface area (Å²) in [5.41, 5.74) is 0. The van der Waals surface area contributed by atoms with E-state index in [1.54, 1.807) is 30.4 Å². The molecule has 174 valence electrons. The number of unbranched alkanes of at least 4 members (excludes halogenated alkanes) is 1. The normalized spacial score (nSPS) is 15.9. The van der Waals surface area contributed by atoms with Crippen LogP contribution >= 0.6 is 0 Å². The van der Waals surface area contributed by atoms with E-state index in [4.69, 9.17) is 14.9 Å². The Labute approximate surface area is 186 Å². The van der Waals surface area contributed by atoms with Gasteiger partial charge in [0.15, 0.2) is 0 Å². The van der Waals surface area contributed by atoms with E-state index in [-0.39, 0.29) is 13.0 Å². The first kappa shape index (κ1) is 28.8. The van der Waals surface area contributed by atoms with E-state index in [0.29, 0.717) is 19.3 Å². The summed E-state index contributed by atoms with van der Waals surface area (Å²) in [4.78, 5) is 11.4. The second-order valence-corrected chi connectivity index (χ2v) is 6.87. The topological polar surface area (TPSA) is 107 Å². The number of carbonyl (C=O) groups is 1. The summed E-state index contributed by atoms with van der Waals surface area (Å²) in [5, 5.41) is 37.2. The molecule has 3 atom stereocenters. The Kier molecular flexibility index (Phi) is 19.5. The molecular formula is C25H38O6. The molecule has 0 aromatic heterocycles. The smallest absolute Gasteiger partial charge is 0.305 e. The van der Waals surface area contributed by atoms with Crippen molar-refractivity contribution in [1.82, 2.24) is 0 Å². The third kappa shape index (κ3) is 20.8. The van der Waals surface area contributed by atoms with Crippen LogP contribution in [-0.2, 0) is 9.53 Å². The minimum Gasteiger partial charge on any atom is -0.463 e. The molecule has 0 spiro atoms. The molecule has 0 saturated carbocycles. The van der Waals surface area contributed by atoms with Gasteiger partial charge in [-0.05, 0) is 32.1 Å². The van der Waals surface area contributed by atoms with Gasteiger partial charge in [-0.2, -0.15) is 0 Å². The van der Waals surface area contributed by atoms with Crippen LogP contribution in [0.5, 0.6) is 0 Å². The molecule has 0 aliphatic rings. The molecule has 0 fully saturated rings. The van der Waals surface area contributed by atoms with E-state index in [9.17, 15) is 15.0 Å². The van der Waals surface area contributed by atoms with Crippen LogP contribution in [0.3, 0.4) is 0 Å². The Balaban J connectivity index is 3.88. The molecule has 4 N–H and O–H groups in total. The summed E-state index contributed by atoms with van der Waals surface area (Å²) >= 11 is 0. The summed E-state index contributed by atoms with van der Waals surface area (Å²) in [7, 11) is 0. The van der Waals surface area contributed by atoms with Gasteiger partial charge in [-0.1, -0.05) is 79.8 Å². The van der Waals surface area contributed by atoms with Crippen LogP contribution in [-0.4, -0.2) is 57.9 Å². The predicted molar refractivity (Wildman–Crippen MR) is 124 cm³/mol. The molecule has 0 aliphatic carbocycles. The van der Waals surface area contributed by atoms with Crippen molar-refractivity contribution in [2.75, 3.05) is 13.2 Å². The lowest BCUT2D eigenvalue weighted by Gasteiger charge is -2.07. The molecule has 0 aliphatic heterocycles. The average Bonchev–Trinajstić information content (AvgIpc) is 2.76. The van der Waals surface area contributed by atoms with Gasteiger partial charge in [0.1, 0.15) is 12.7 Å². The fourth-order valence-electron chi connectivity index (χ4n) is 2.22. The van der Waals surface area contributed by atoms with Crippen LogP contribution in [0.25, 0.3) is 0 Å². The molecule has 0 aromatic rings. The van der Waals surface area contributed by atoms with Crippen molar-refractivity contribution < 1.29 is 30.0 Å². The molecule has 0 radical (unpaired) electrons. The largest absolute Gasteiger partial charge is 0.463 e. The number of allylic oxidation sites excluding steroid dienone is 8. The fraction of sp³-hybridized carbons (Fsp3) is 0.480. The minimum absolute atomic E-state index is 0.200. The minimum atomic E-state index is -1.04. The van der Waals surface area contributed by atoms with Gasteiger partial charge in [0, 0.05) is 6.42 Å². The lowest BCUT2D eigenvalue weighted by atomic mass is 10.2. The van der Waals surface area contributed by atoms with Gasteiger partial charge in [-0.3, -0.25) is 4.79 Å². The summed E-state index contributed by atoms with van der Waals surface area (Å²) < 4.78 is 4.79. The highest BCUT2D eigenvalue weighted by Gasteiger charge is 2.06. The quantitative estimate of drug-likeness (QED) is 0.121. The summed E-state index contributed by atoms with van der Waals surface area (Å²) in [6.45, 7) is 1.42. The van der Waals surface area contributed by atoms with Crippen LogP contribution in [0.2, 0.25) is 0 Å². The molecule has 6 nitrogen and oxygen atoms in total. The predicted octanol–water partition coefficient (Wildman–Crippen LogP) is 3.30. The maximum atomic E-state index is 11.4. The molecule has 0 amide bonds. The Morgan fingerprint density at radius 1 is 0.903 bits per heavy atom. The van der Waals surface area contributed by atoms with Crippen LogP contribution in [0.1, 0.15) is 45.4 Å². The van der Waals surface area contributed by atoms with Crippen molar-refractivity contribution >= 4 is 5.97 Å². The van der Waals surface area contributed by atoms with Gasteiger partial charge in [0.25, 0.3) is 0 Å². The Hall–Kier alpha value is -2.25.